The summed E-state index contributed by atoms with van der Waals surface area (Å²) in [4.78, 5) is 0. The molecule has 1 aromatic heterocycles. The van der Waals surface area contributed by atoms with Gasteiger partial charge in [0.1, 0.15) is 11.5 Å². The van der Waals surface area contributed by atoms with Crippen molar-refractivity contribution in [2.45, 2.75) is 32.7 Å². The molecule has 72 valence electrons. The van der Waals surface area contributed by atoms with Crippen molar-refractivity contribution in [3.8, 4) is 0 Å². The van der Waals surface area contributed by atoms with E-state index in [1.807, 2.05) is 19.1 Å². The molecule has 0 unspecified atom stereocenters. The highest BCUT2D eigenvalue weighted by Gasteiger charge is 2.10. The van der Waals surface area contributed by atoms with Crippen LogP contribution in [0.5, 0.6) is 0 Å². The van der Waals surface area contributed by atoms with E-state index in [-0.39, 0.29) is 6.04 Å². The smallest absolute Gasteiger partial charge is 0.121 e. The lowest BCUT2D eigenvalue weighted by atomic mass is 10.1. The molecular formula is C11H17NO. The Morgan fingerprint density at radius 2 is 2.31 bits per heavy atom. The minimum Gasteiger partial charge on any atom is -0.464 e. The lowest BCUT2D eigenvalue weighted by Crippen LogP contribution is -2.09. The van der Waals surface area contributed by atoms with Gasteiger partial charge in [-0.2, -0.15) is 0 Å². The third-order valence-corrected chi connectivity index (χ3v) is 1.96. The molecule has 2 nitrogen and oxygen atoms in total. The SMILES string of the molecule is C=C(C)C[C@@H](N)c1ccc(CC)o1. The number of hydrogen-bond donors (Lipinski definition) is 1. The van der Waals surface area contributed by atoms with Crippen molar-refractivity contribution >= 4 is 0 Å². The lowest BCUT2D eigenvalue weighted by molar-refractivity contribution is 0.434. The van der Waals surface area contributed by atoms with E-state index in [4.69, 9.17) is 10.2 Å². The zero-order valence-corrected chi connectivity index (χ0v) is 8.34. The first-order valence-corrected chi connectivity index (χ1v) is 4.62. The molecule has 2 heteroatoms. The average Bonchev–Trinajstić information content (AvgIpc) is 2.50. The zero-order chi connectivity index (χ0) is 9.84. The van der Waals surface area contributed by atoms with Crippen LogP contribution in [0.25, 0.3) is 0 Å². The molecule has 13 heavy (non-hydrogen) atoms. The van der Waals surface area contributed by atoms with Crippen molar-refractivity contribution in [3.63, 3.8) is 0 Å². The molecule has 1 atom stereocenters. The first kappa shape index (κ1) is 10.1. The van der Waals surface area contributed by atoms with Gasteiger partial charge in [0.25, 0.3) is 0 Å². The second-order valence-corrected chi connectivity index (χ2v) is 3.43. The topological polar surface area (TPSA) is 39.2 Å². The molecule has 0 aliphatic heterocycles. The van der Waals surface area contributed by atoms with Gasteiger partial charge in [0.2, 0.25) is 0 Å². The van der Waals surface area contributed by atoms with E-state index < -0.39 is 0 Å². The molecule has 0 amide bonds. The van der Waals surface area contributed by atoms with E-state index in [9.17, 15) is 0 Å². The van der Waals surface area contributed by atoms with E-state index in [1.54, 1.807) is 0 Å². The van der Waals surface area contributed by atoms with Crippen LogP contribution < -0.4 is 5.73 Å². The van der Waals surface area contributed by atoms with Gasteiger partial charge in [0, 0.05) is 6.42 Å². The summed E-state index contributed by atoms with van der Waals surface area (Å²) in [6.07, 6.45) is 1.70. The number of furan rings is 1. The second-order valence-electron chi connectivity index (χ2n) is 3.43. The molecule has 1 aromatic rings. The van der Waals surface area contributed by atoms with Crippen molar-refractivity contribution in [1.82, 2.24) is 0 Å². The van der Waals surface area contributed by atoms with E-state index >= 15 is 0 Å². The monoisotopic (exact) mass is 179 g/mol. The molecule has 1 rings (SSSR count). The van der Waals surface area contributed by atoms with Crippen LogP contribution in [0.3, 0.4) is 0 Å². The summed E-state index contributed by atoms with van der Waals surface area (Å²) < 4.78 is 5.53. The van der Waals surface area contributed by atoms with Crippen molar-refractivity contribution in [3.05, 3.63) is 35.8 Å². The molecule has 0 saturated heterocycles. The number of nitrogens with two attached hydrogens (primary N) is 1. The van der Waals surface area contributed by atoms with Crippen molar-refractivity contribution < 1.29 is 4.42 Å². The second kappa shape index (κ2) is 4.28. The fraction of sp³-hybridized carbons (Fsp3) is 0.455. The van der Waals surface area contributed by atoms with E-state index in [2.05, 4.69) is 13.5 Å². The number of rotatable bonds is 4. The van der Waals surface area contributed by atoms with Gasteiger partial charge >= 0.3 is 0 Å². The maximum atomic E-state index is 5.91. The van der Waals surface area contributed by atoms with Crippen LogP contribution in [0.4, 0.5) is 0 Å². The molecule has 1 heterocycles. The molecule has 0 saturated carbocycles. The Balaban J connectivity index is 2.65. The Morgan fingerprint density at radius 3 is 2.77 bits per heavy atom. The summed E-state index contributed by atoms with van der Waals surface area (Å²) in [6.45, 7) is 7.86. The van der Waals surface area contributed by atoms with Crippen LogP contribution in [-0.4, -0.2) is 0 Å². The van der Waals surface area contributed by atoms with Crippen molar-refractivity contribution in [2.24, 2.45) is 5.73 Å². The summed E-state index contributed by atoms with van der Waals surface area (Å²) in [5.74, 6) is 1.85. The molecule has 2 N–H and O–H groups in total. The van der Waals surface area contributed by atoms with Crippen LogP contribution in [-0.2, 0) is 6.42 Å². The Kier molecular flexibility index (Phi) is 3.32. The summed E-state index contributed by atoms with van der Waals surface area (Å²) in [7, 11) is 0. The maximum Gasteiger partial charge on any atom is 0.121 e. The van der Waals surface area contributed by atoms with Crippen LogP contribution >= 0.6 is 0 Å². The van der Waals surface area contributed by atoms with Crippen molar-refractivity contribution in [1.29, 1.82) is 0 Å². The quantitative estimate of drug-likeness (QED) is 0.722. The Bertz CT molecular complexity index is 288. The third-order valence-electron chi connectivity index (χ3n) is 1.96. The van der Waals surface area contributed by atoms with E-state index in [0.717, 1.165) is 29.9 Å². The molecule has 0 aromatic carbocycles. The van der Waals surface area contributed by atoms with Gasteiger partial charge in [-0.1, -0.05) is 12.5 Å². The number of hydrogen-bond acceptors (Lipinski definition) is 2. The van der Waals surface area contributed by atoms with Crippen LogP contribution in [0.15, 0.2) is 28.7 Å². The summed E-state index contributed by atoms with van der Waals surface area (Å²) >= 11 is 0. The lowest BCUT2D eigenvalue weighted by Gasteiger charge is -2.07. The van der Waals surface area contributed by atoms with Crippen LogP contribution in [0.2, 0.25) is 0 Å². The van der Waals surface area contributed by atoms with Gasteiger partial charge in [-0.25, -0.2) is 0 Å². The fourth-order valence-corrected chi connectivity index (χ4v) is 1.26. The highest BCUT2D eigenvalue weighted by atomic mass is 16.3. The highest BCUT2D eigenvalue weighted by molar-refractivity contribution is 5.12. The zero-order valence-electron chi connectivity index (χ0n) is 8.34. The van der Waals surface area contributed by atoms with Crippen LogP contribution in [0, 0.1) is 0 Å². The van der Waals surface area contributed by atoms with Gasteiger partial charge in [-0.3, -0.25) is 0 Å². The Labute approximate surface area is 79.4 Å². The number of aryl methyl sites for hydroxylation is 1. The largest absolute Gasteiger partial charge is 0.464 e. The average molecular weight is 179 g/mol. The summed E-state index contributed by atoms with van der Waals surface area (Å²) in [5.41, 5.74) is 6.99. The van der Waals surface area contributed by atoms with Gasteiger partial charge < -0.3 is 10.2 Å². The standard InChI is InChI=1S/C11H17NO/c1-4-9-5-6-11(13-9)10(12)7-8(2)3/h5-6,10H,2,4,7,12H2,1,3H3/t10-/m1/s1. The molecule has 0 aliphatic carbocycles. The summed E-state index contributed by atoms with van der Waals surface area (Å²) in [5, 5.41) is 0. The normalized spacial score (nSPS) is 12.8. The molecule has 0 radical (unpaired) electrons. The molecular weight excluding hydrogens is 162 g/mol. The fourth-order valence-electron chi connectivity index (χ4n) is 1.26. The minimum absolute atomic E-state index is 0.0437. The molecule has 0 bridgehead atoms. The first-order valence-electron chi connectivity index (χ1n) is 4.62. The van der Waals surface area contributed by atoms with Crippen LogP contribution in [0.1, 0.15) is 37.8 Å². The minimum atomic E-state index is -0.0437. The van der Waals surface area contributed by atoms with Gasteiger partial charge in [-0.15, -0.1) is 6.58 Å². The highest BCUT2D eigenvalue weighted by Crippen LogP contribution is 2.20. The molecule has 0 aliphatic rings. The van der Waals surface area contributed by atoms with Gasteiger partial charge in [0.05, 0.1) is 6.04 Å². The Hall–Kier alpha value is -1.02. The summed E-state index contributed by atoms with van der Waals surface area (Å²) in [6, 6.07) is 3.89. The predicted molar refractivity (Wildman–Crippen MR) is 54.4 cm³/mol. The van der Waals surface area contributed by atoms with Gasteiger partial charge in [0.15, 0.2) is 0 Å². The van der Waals surface area contributed by atoms with Crippen molar-refractivity contribution in [2.75, 3.05) is 0 Å². The molecule has 0 spiro atoms. The Morgan fingerprint density at radius 1 is 1.62 bits per heavy atom. The maximum absolute atomic E-state index is 5.91. The van der Waals surface area contributed by atoms with Gasteiger partial charge in [-0.05, 0) is 25.5 Å². The predicted octanol–water partition coefficient (Wildman–Crippen LogP) is 2.81. The van der Waals surface area contributed by atoms with E-state index in [1.165, 1.54) is 0 Å². The first-order chi connectivity index (χ1) is 6.13. The molecule has 0 fully saturated rings. The van der Waals surface area contributed by atoms with E-state index in [0.29, 0.717) is 0 Å². The third kappa shape index (κ3) is 2.74.